The lowest BCUT2D eigenvalue weighted by molar-refractivity contribution is -0.137. The minimum atomic E-state index is -0.817. The third-order valence-electron chi connectivity index (χ3n) is 5.13. The first-order valence-corrected chi connectivity index (χ1v) is 8.60. The van der Waals surface area contributed by atoms with E-state index >= 15 is 0 Å². The van der Waals surface area contributed by atoms with Gasteiger partial charge in [0, 0.05) is 38.8 Å². The molecule has 0 bridgehead atoms. The van der Waals surface area contributed by atoms with Crippen LogP contribution in [-0.4, -0.2) is 59.9 Å². The van der Waals surface area contributed by atoms with Crippen LogP contribution in [0.4, 0.5) is 10.5 Å². The highest BCUT2D eigenvalue weighted by atomic mass is 16.2. The van der Waals surface area contributed by atoms with E-state index in [4.69, 9.17) is 0 Å². The predicted molar refractivity (Wildman–Crippen MR) is 94.1 cm³/mol. The van der Waals surface area contributed by atoms with E-state index < -0.39 is 5.54 Å². The minimum absolute atomic E-state index is 0.0704. The number of anilines is 1. The second kappa shape index (κ2) is 6.74. The molecule has 1 aromatic carbocycles. The van der Waals surface area contributed by atoms with Crippen molar-refractivity contribution in [2.24, 2.45) is 0 Å². The zero-order valence-corrected chi connectivity index (χ0v) is 14.7. The predicted octanol–water partition coefficient (Wildman–Crippen LogP) is 1.34. The molecule has 25 heavy (non-hydrogen) atoms. The highest BCUT2D eigenvalue weighted by Crippen LogP contribution is 2.29. The van der Waals surface area contributed by atoms with Crippen molar-refractivity contribution in [3.63, 3.8) is 0 Å². The molecule has 0 aromatic heterocycles. The van der Waals surface area contributed by atoms with Gasteiger partial charge in [-0.2, -0.15) is 0 Å². The molecular formula is C18H24N4O3. The maximum Gasteiger partial charge on any atom is 0.324 e. The number of carbonyl (C=O) groups is 3. The Morgan fingerprint density at radius 2 is 1.92 bits per heavy atom. The molecule has 1 aromatic rings. The Balaban J connectivity index is 1.48. The number of urea groups is 1. The minimum Gasteiger partial charge on any atom is -0.384 e. The molecular weight excluding hydrogens is 320 g/mol. The SMILES string of the molecule is Cc1ccccc1NCCC(=O)N1CCC2(CC1)NC(=O)N(C)C2=O. The molecule has 134 valence electrons. The average molecular weight is 344 g/mol. The van der Waals surface area contributed by atoms with Crippen LogP contribution in [0.2, 0.25) is 0 Å². The summed E-state index contributed by atoms with van der Waals surface area (Å²) in [7, 11) is 1.49. The Morgan fingerprint density at radius 1 is 1.24 bits per heavy atom. The monoisotopic (exact) mass is 344 g/mol. The summed E-state index contributed by atoms with van der Waals surface area (Å²) in [5.74, 6) is -0.119. The number of para-hydroxylation sites is 1. The fraction of sp³-hybridized carbons (Fsp3) is 0.500. The highest BCUT2D eigenvalue weighted by Gasteiger charge is 2.51. The Morgan fingerprint density at radius 3 is 2.52 bits per heavy atom. The number of benzene rings is 1. The molecule has 0 aliphatic carbocycles. The summed E-state index contributed by atoms with van der Waals surface area (Å²) in [6.45, 7) is 3.58. The maximum absolute atomic E-state index is 12.4. The molecule has 2 fully saturated rings. The quantitative estimate of drug-likeness (QED) is 0.808. The largest absolute Gasteiger partial charge is 0.384 e. The molecule has 4 amide bonds. The van der Waals surface area contributed by atoms with Gasteiger partial charge in [-0.15, -0.1) is 0 Å². The van der Waals surface area contributed by atoms with E-state index in [2.05, 4.69) is 10.6 Å². The van der Waals surface area contributed by atoms with Crippen LogP contribution in [0.15, 0.2) is 24.3 Å². The Bertz CT molecular complexity index is 695. The van der Waals surface area contributed by atoms with Gasteiger partial charge >= 0.3 is 6.03 Å². The van der Waals surface area contributed by atoms with Gasteiger partial charge in [0.05, 0.1) is 0 Å². The van der Waals surface area contributed by atoms with E-state index in [1.807, 2.05) is 31.2 Å². The molecule has 0 atom stereocenters. The van der Waals surface area contributed by atoms with Crippen molar-refractivity contribution in [1.82, 2.24) is 15.1 Å². The number of carbonyl (C=O) groups excluding carboxylic acids is 3. The van der Waals surface area contributed by atoms with Gasteiger partial charge in [-0.1, -0.05) is 18.2 Å². The number of likely N-dealkylation sites (tertiary alicyclic amines) is 1. The van der Waals surface area contributed by atoms with Crippen molar-refractivity contribution in [3.8, 4) is 0 Å². The lowest BCUT2D eigenvalue weighted by Crippen LogP contribution is -2.55. The van der Waals surface area contributed by atoms with Crippen molar-refractivity contribution in [2.45, 2.75) is 31.7 Å². The standard InChI is InChI=1S/C18H24N4O3/c1-13-5-3-4-6-14(13)19-10-7-15(23)22-11-8-18(9-12-22)16(24)21(2)17(25)20-18/h3-6,19H,7-12H2,1-2H3,(H,20,25). The highest BCUT2D eigenvalue weighted by molar-refractivity contribution is 6.06. The first kappa shape index (κ1) is 17.3. The van der Waals surface area contributed by atoms with Crippen molar-refractivity contribution < 1.29 is 14.4 Å². The molecule has 2 aliphatic rings. The number of hydrogen-bond donors (Lipinski definition) is 2. The van der Waals surface area contributed by atoms with E-state index in [1.165, 1.54) is 7.05 Å². The number of imide groups is 1. The number of hydrogen-bond acceptors (Lipinski definition) is 4. The molecule has 0 radical (unpaired) electrons. The van der Waals surface area contributed by atoms with Crippen molar-refractivity contribution in [3.05, 3.63) is 29.8 Å². The molecule has 2 saturated heterocycles. The second-order valence-electron chi connectivity index (χ2n) is 6.75. The van der Waals surface area contributed by atoms with Crippen molar-refractivity contribution >= 4 is 23.5 Å². The van der Waals surface area contributed by atoms with Gasteiger partial charge in [-0.25, -0.2) is 4.79 Å². The van der Waals surface area contributed by atoms with Gasteiger partial charge in [-0.3, -0.25) is 14.5 Å². The molecule has 3 rings (SSSR count). The van der Waals surface area contributed by atoms with Gasteiger partial charge in [0.2, 0.25) is 5.91 Å². The van der Waals surface area contributed by atoms with Crippen LogP contribution in [0.25, 0.3) is 0 Å². The van der Waals surface area contributed by atoms with Crippen LogP contribution in [-0.2, 0) is 9.59 Å². The summed E-state index contributed by atoms with van der Waals surface area (Å²) in [5.41, 5.74) is 1.37. The second-order valence-corrected chi connectivity index (χ2v) is 6.75. The summed E-state index contributed by atoms with van der Waals surface area (Å²) in [4.78, 5) is 39.2. The first-order chi connectivity index (χ1) is 11.9. The number of piperidine rings is 1. The Hall–Kier alpha value is -2.57. The van der Waals surface area contributed by atoms with Crippen molar-refractivity contribution in [2.75, 3.05) is 32.0 Å². The molecule has 0 unspecified atom stereocenters. The number of amides is 4. The van der Waals surface area contributed by atoms with Gasteiger partial charge in [0.25, 0.3) is 5.91 Å². The van der Waals surface area contributed by atoms with Gasteiger partial charge < -0.3 is 15.5 Å². The summed E-state index contributed by atoms with van der Waals surface area (Å²) < 4.78 is 0. The average Bonchev–Trinajstić information content (AvgIpc) is 2.81. The van der Waals surface area contributed by atoms with E-state index in [0.29, 0.717) is 38.9 Å². The zero-order chi connectivity index (χ0) is 18.0. The van der Waals surface area contributed by atoms with Crippen LogP contribution in [0.3, 0.4) is 0 Å². The van der Waals surface area contributed by atoms with E-state index in [0.717, 1.165) is 16.2 Å². The van der Waals surface area contributed by atoms with Crippen LogP contribution < -0.4 is 10.6 Å². The van der Waals surface area contributed by atoms with Gasteiger partial charge in [0.1, 0.15) is 5.54 Å². The number of rotatable bonds is 4. The van der Waals surface area contributed by atoms with Crippen LogP contribution >= 0.6 is 0 Å². The van der Waals surface area contributed by atoms with Crippen LogP contribution in [0.5, 0.6) is 0 Å². The molecule has 0 saturated carbocycles. The number of nitrogens with one attached hydrogen (secondary N) is 2. The topological polar surface area (TPSA) is 81.8 Å². The van der Waals surface area contributed by atoms with Crippen LogP contribution in [0, 0.1) is 6.92 Å². The first-order valence-electron chi connectivity index (χ1n) is 8.60. The lowest BCUT2D eigenvalue weighted by Gasteiger charge is -2.37. The van der Waals surface area contributed by atoms with Crippen LogP contribution in [0.1, 0.15) is 24.8 Å². The molecule has 1 spiro atoms. The third kappa shape index (κ3) is 3.31. The fourth-order valence-corrected chi connectivity index (χ4v) is 3.47. The summed E-state index contributed by atoms with van der Waals surface area (Å²) in [5, 5.41) is 6.07. The third-order valence-corrected chi connectivity index (χ3v) is 5.13. The molecule has 2 heterocycles. The summed E-state index contributed by atoms with van der Waals surface area (Å²) >= 11 is 0. The molecule has 7 heteroatoms. The maximum atomic E-state index is 12.4. The summed E-state index contributed by atoms with van der Waals surface area (Å²) in [6.07, 6.45) is 1.35. The van der Waals surface area contributed by atoms with Gasteiger partial charge in [-0.05, 0) is 31.4 Å². The Kier molecular flexibility index (Phi) is 4.65. The molecule has 2 aliphatic heterocycles. The zero-order valence-electron chi connectivity index (χ0n) is 14.7. The number of nitrogens with zero attached hydrogens (tertiary/aromatic N) is 2. The fourth-order valence-electron chi connectivity index (χ4n) is 3.47. The summed E-state index contributed by atoms with van der Waals surface area (Å²) in [6, 6.07) is 7.61. The van der Waals surface area contributed by atoms with E-state index in [9.17, 15) is 14.4 Å². The number of likely N-dealkylation sites (N-methyl/N-ethyl adjacent to an activating group) is 1. The Labute approximate surface area is 147 Å². The van der Waals surface area contributed by atoms with E-state index in [1.54, 1.807) is 4.90 Å². The van der Waals surface area contributed by atoms with Gasteiger partial charge in [0.15, 0.2) is 0 Å². The lowest BCUT2D eigenvalue weighted by atomic mass is 9.87. The molecule has 2 N–H and O–H groups in total. The molecule has 7 nitrogen and oxygen atoms in total. The number of aryl methyl sites for hydroxylation is 1. The smallest absolute Gasteiger partial charge is 0.324 e. The normalized spacial score (nSPS) is 19.3. The van der Waals surface area contributed by atoms with Crippen molar-refractivity contribution in [1.29, 1.82) is 0 Å². The van der Waals surface area contributed by atoms with E-state index in [-0.39, 0.29) is 17.8 Å².